The van der Waals surface area contributed by atoms with Gasteiger partial charge in [0.2, 0.25) is 16.0 Å². The van der Waals surface area contributed by atoms with E-state index >= 15 is 0 Å². The number of alkyl halides is 1. The van der Waals surface area contributed by atoms with Crippen molar-refractivity contribution in [1.82, 2.24) is 24.7 Å². The highest BCUT2D eigenvalue weighted by atomic mass is 32.2. The van der Waals surface area contributed by atoms with E-state index in [1.54, 1.807) is 24.5 Å². The van der Waals surface area contributed by atoms with E-state index in [0.717, 1.165) is 40.8 Å². The number of pyridine rings is 1. The molecule has 0 amide bonds. The Bertz CT molecular complexity index is 1790. The third-order valence-corrected chi connectivity index (χ3v) is 10.8. The van der Waals surface area contributed by atoms with Gasteiger partial charge in [-0.15, -0.1) is 11.3 Å². The van der Waals surface area contributed by atoms with Gasteiger partial charge in [0.05, 0.1) is 39.3 Å². The Labute approximate surface area is 264 Å². The lowest BCUT2D eigenvalue weighted by Crippen LogP contribution is -2.45. The zero-order chi connectivity index (χ0) is 31.7. The summed E-state index contributed by atoms with van der Waals surface area (Å²) in [5, 5.41) is 12.0. The van der Waals surface area contributed by atoms with E-state index < -0.39 is 33.3 Å². The van der Waals surface area contributed by atoms with Gasteiger partial charge in [-0.1, -0.05) is 38.2 Å². The molecule has 2 aliphatic carbocycles. The molecule has 1 aliphatic heterocycles. The minimum absolute atomic E-state index is 0.126. The van der Waals surface area contributed by atoms with E-state index in [0.29, 0.717) is 41.6 Å². The molecule has 3 unspecified atom stereocenters. The van der Waals surface area contributed by atoms with Crippen LogP contribution in [0.4, 0.5) is 26.2 Å². The molecule has 236 valence electrons. The zero-order valence-electron chi connectivity index (χ0n) is 24.6. The summed E-state index contributed by atoms with van der Waals surface area (Å²) in [6.07, 6.45) is 10.6. The van der Waals surface area contributed by atoms with Gasteiger partial charge >= 0.3 is 0 Å². The van der Waals surface area contributed by atoms with Gasteiger partial charge in [-0.3, -0.25) is 0 Å². The minimum Gasteiger partial charge on any atom is -0.391 e. The second-order valence-corrected chi connectivity index (χ2v) is 14.3. The molecule has 0 aromatic carbocycles. The average molecular weight is 654 g/mol. The minimum atomic E-state index is -4.37. The van der Waals surface area contributed by atoms with Crippen molar-refractivity contribution in [2.45, 2.75) is 56.2 Å². The Morgan fingerprint density at radius 2 is 2.02 bits per heavy atom. The van der Waals surface area contributed by atoms with Crippen LogP contribution in [0.15, 0.2) is 72.9 Å². The Kier molecular flexibility index (Phi) is 8.91. The Morgan fingerprint density at radius 1 is 1.18 bits per heavy atom. The van der Waals surface area contributed by atoms with Crippen LogP contribution in [-0.2, 0) is 10.0 Å². The number of aliphatic hydroxyl groups excluding tert-OH is 1. The maximum Gasteiger partial charge on any atom is 0.227 e. The van der Waals surface area contributed by atoms with Crippen molar-refractivity contribution >= 4 is 44.4 Å². The van der Waals surface area contributed by atoms with Gasteiger partial charge in [0.1, 0.15) is 17.8 Å². The van der Waals surface area contributed by atoms with Crippen LogP contribution >= 0.6 is 11.3 Å². The van der Waals surface area contributed by atoms with Crippen molar-refractivity contribution in [3.63, 3.8) is 0 Å². The van der Waals surface area contributed by atoms with Crippen LogP contribution in [0.1, 0.15) is 43.3 Å². The number of aromatic nitrogens is 4. The van der Waals surface area contributed by atoms with Crippen LogP contribution in [0.2, 0.25) is 0 Å². The second-order valence-electron chi connectivity index (χ2n) is 11.4. The summed E-state index contributed by atoms with van der Waals surface area (Å²) in [7, 11) is -4.37. The van der Waals surface area contributed by atoms with Crippen molar-refractivity contribution in [3.05, 3.63) is 83.6 Å². The lowest BCUT2D eigenvalue weighted by atomic mass is 10.00. The molecule has 0 radical (unpaired) electrons. The Morgan fingerprint density at radius 3 is 2.73 bits per heavy atom. The summed E-state index contributed by atoms with van der Waals surface area (Å²) in [5.74, 6) is 0.239. The fourth-order valence-electron chi connectivity index (χ4n) is 5.35. The highest BCUT2D eigenvalue weighted by Crippen LogP contribution is 2.38. The fourth-order valence-corrected chi connectivity index (χ4v) is 7.95. The topological polar surface area (TPSA) is 133 Å². The smallest absolute Gasteiger partial charge is 0.227 e. The van der Waals surface area contributed by atoms with Crippen LogP contribution in [0.5, 0.6) is 0 Å². The van der Waals surface area contributed by atoms with Crippen LogP contribution in [0.3, 0.4) is 0 Å². The fraction of sp³-hybridized carbons (Fsp3) is 0.355. The highest BCUT2D eigenvalue weighted by Gasteiger charge is 2.39. The highest BCUT2D eigenvalue weighted by molar-refractivity contribution is 7.90. The Balaban J connectivity index is 1.25. The van der Waals surface area contributed by atoms with E-state index in [2.05, 4.69) is 20.0 Å². The zero-order valence-corrected chi connectivity index (χ0v) is 26.3. The molecule has 3 aromatic rings. The van der Waals surface area contributed by atoms with Crippen LogP contribution in [-0.4, -0.2) is 70.1 Å². The molecule has 14 heteroatoms. The van der Waals surface area contributed by atoms with E-state index in [4.69, 9.17) is 9.97 Å². The molecule has 1 fully saturated rings. The molecule has 3 N–H and O–H groups in total. The largest absolute Gasteiger partial charge is 0.391 e. The third kappa shape index (κ3) is 6.88. The molecule has 10 nitrogen and oxygen atoms in total. The molecule has 0 spiro atoms. The number of rotatable bonds is 9. The summed E-state index contributed by atoms with van der Waals surface area (Å²) in [4.78, 5) is 21.4. The van der Waals surface area contributed by atoms with E-state index in [-0.39, 0.29) is 12.0 Å². The van der Waals surface area contributed by atoms with Crippen LogP contribution in [0, 0.1) is 0 Å². The van der Waals surface area contributed by atoms with Gasteiger partial charge in [-0.2, -0.15) is 0 Å². The van der Waals surface area contributed by atoms with Gasteiger partial charge in [0.15, 0.2) is 5.25 Å². The number of anilines is 3. The number of β-amino-alcohol motifs (C(OH)–C–C–N with tert-alkyl or cyclic N) is 1. The van der Waals surface area contributed by atoms with Crippen molar-refractivity contribution < 1.29 is 22.3 Å². The molecule has 3 aliphatic rings. The van der Waals surface area contributed by atoms with E-state index in [1.165, 1.54) is 17.4 Å². The molecule has 6 rings (SSSR count). The number of nitrogens with one attached hydrogen (secondary N) is 2. The quantitative estimate of drug-likeness (QED) is 0.285. The van der Waals surface area contributed by atoms with Gasteiger partial charge in [0, 0.05) is 31.2 Å². The average Bonchev–Trinajstić information content (AvgIpc) is 3.65. The van der Waals surface area contributed by atoms with Crippen molar-refractivity contribution in [3.8, 4) is 10.6 Å². The maximum atomic E-state index is 14.4. The number of sulfonamides is 1. The van der Waals surface area contributed by atoms with Crippen molar-refractivity contribution in [2.24, 2.45) is 0 Å². The van der Waals surface area contributed by atoms with E-state index in [9.17, 15) is 22.3 Å². The van der Waals surface area contributed by atoms with Gasteiger partial charge in [-0.25, -0.2) is 41.9 Å². The monoisotopic (exact) mass is 653 g/mol. The SMILES string of the molecule is CC(C)c1nc(C2=CC(NS(=O)(=O)C3C(F)=CC=CC3F)CC=C2)c(-c2ccnc(Nc3ccc(N4CC[C@@H](O)C4)nc3)n2)s1. The standard InChI is InChI=1S/C31H33F2N7O3S2/c1-18(2)30-38-27(19-5-3-6-20(15-19)39-45(42,43)29-23(32)7-4-8-24(29)33)28(44-30)25-11-13-34-31(37-25)36-21-9-10-26(35-16-21)40-14-12-22(41)17-40/h3-5,7-11,13,15-16,18,20,22-23,29,39,41H,6,12,14,17H2,1-2H3,(H,34,36,37)/t20?,22-,23?,29?/m1/s1. The molecule has 3 aromatic heterocycles. The molecule has 0 bridgehead atoms. The number of aliphatic hydroxyl groups is 1. The first-order valence-corrected chi connectivity index (χ1v) is 17.0. The molecular weight excluding hydrogens is 621 g/mol. The summed E-state index contributed by atoms with van der Waals surface area (Å²) in [6.45, 7) is 5.39. The molecule has 0 saturated carbocycles. The lowest BCUT2D eigenvalue weighted by molar-refractivity contribution is 0.198. The normalized spacial score (nSPS) is 23.4. The van der Waals surface area contributed by atoms with Gasteiger partial charge in [-0.05, 0) is 48.8 Å². The summed E-state index contributed by atoms with van der Waals surface area (Å²) >= 11 is 1.49. The van der Waals surface area contributed by atoms with Crippen molar-refractivity contribution in [1.29, 1.82) is 0 Å². The number of nitrogens with zero attached hydrogens (tertiary/aromatic N) is 5. The molecule has 45 heavy (non-hydrogen) atoms. The van der Waals surface area contributed by atoms with E-state index in [1.807, 2.05) is 43.0 Å². The van der Waals surface area contributed by atoms with Gasteiger partial charge in [0.25, 0.3) is 0 Å². The number of hydrogen-bond donors (Lipinski definition) is 3. The number of halogens is 2. The molecule has 4 heterocycles. The first-order valence-electron chi connectivity index (χ1n) is 14.7. The molecule has 1 saturated heterocycles. The van der Waals surface area contributed by atoms with Crippen LogP contribution in [0.25, 0.3) is 16.1 Å². The predicted molar refractivity (Wildman–Crippen MR) is 172 cm³/mol. The molecule has 4 atom stereocenters. The van der Waals surface area contributed by atoms with Gasteiger partial charge < -0.3 is 15.3 Å². The Hall–Kier alpha value is -3.85. The number of hydrogen-bond acceptors (Lipinski definition) is 10. The summed E-state index contributed by atoms with van der Waals surface area (Å²) < 4.78 is 57.3. The second kappa shape index (κ2) is 12.9. The predicted octanol–water partition coefficient (Wildman–Crippen LogP) is 5.19. The lowest BCUT2D eigenvalue weighted by Gasteiger charge is -2.24. The number of thiazole rings is 1. The molecular formula is C31H33F2N7O3S2. The third-order valence-electron chi connectivity index (χ3n) is 7.62. The summed E-state index contributed by atoms with van der Waals surface area (Å²) in [5.41, 5.74) is 2.62. The van der Waals surface area contributed by atoms with Crippen molar-refractivity contribution in [2.75, 3.05) is 23.3 Å². The summed E-state index contributed by atoms with van der Waals surface area (Å²) in [6, 6.07) is 4.83. The van der Waals surface area contributed by atoms with Crippen LogP contribution < -0.4 is 14.9 Å². The number of allylic oxidation sites excluding steroid dienone is 5. The maximum absolute atomic E-state index is 14.4. The first kappa shape index (κ1) is 31.1. The first-order chi connectivity index (χ1) is 21.6.